The summed E-state index contributed by atoms with van der Waals surface area (Å²) in [5.74, 6) is -1.04. The molecule has 1 rings (SSSR count). The van der Waals surface area contributed by atoms with E-state index >= 15 is 0 Å². The quantitative estimate of drug-likeness (QED) is 0.763. The largest absolute Gasteiger partial charge is 0.507 e. The number of primary amides is 1. The smallest absolute Gasteiger partial charge is 0.255 e. The van der Waals surface area contributed by atoms with Gasteiger partial charge in [-0.05, 0) is 18.2 Å². The van der Waals surface area contributed by atoms with Gasteiger partial charge in [0.25, 0.3) is 5.91 Å². The minimum absolute atomic E-state index is 0.0699. The molecule has 0 aliphatic rings. The average Bonchev–Trinajstić information content (AvgIpc) is 2.21. The summed E-state index contributed by atoms with van der Waals surface area (Å²) < 4.78 is 0.686. The molecular formula is C10H11BrN2O3. The number of phenolic OH excluding ortho intramolecular Hbond substituents is 1. The van der Waals surface area contributed by atoms with E-state index < -0.39 is 11.8 Å². The molecule has 86 valence electrons. The lowest BCUT2D eigenvalue weighted by Gasteiger charge is -2.06. The van der Waals surface area contributed by atoms with E-state index in [1.165, 1.54) is 12.1 Å². The van der Waals surface area contributed by atoms with Crippen LogP contribution in [0, 0.1) is 0 Å². The number of carbonyl (C=O) groups is 2. The molecule has 0 saturated carbocycles. The van der Waals surface area contributed by atoms with Gasteiger partial charge in [0.15, 0.2) is 0 Å². The highest BCUT2D eigenvalue weighted by molar-refractivity contribution is 9.10. The molecule has 0 saturated heterocycles. The third-order valence-electron chi connectivity index (χ3n) is 1.86. The van der Waals surface area contributed by atoms with E-state index in [-0.39, 0.29) is 24.3 Å². The van der Waals surface area contributed by atoms with Crippen molar-refractivity contribution < 1.29 is 14.7 Å². The molecule has 6 heteroatoms. The van der Waals surface area contributed by atoms with Crippen LogP contribution in [0.1, 0.15) is 16.8 Å². The van der Waals surface area contributed by atoms with Gasteiger partial charge in [-0.15, -0.1) is 0 Å². The predicted molar refractivity (Wildman–Crippen MR) is 62.0 cm³/mol. The number of amides is 2. The molecule has 16 heavy (non-hydrogen) atoms. The van der Waals surface area contributed by atoms with Crippen molar-refractivity contribution in [2.45, 2.75) is 6.42 Å². The van der Waals surface area contributed by atoms with Crippen molar-refractivity contribution in [3.63, 3.8) is 0 Å². The van der Waals surface area contributed by atoms with E-state index in [4.69, 9.17) is 5.73 Å². The van der Waals surface area contributed by atoms with Crippen LogP contribution in [0.3, 0.4) is 0 Å². The molecule has 5 nitrogen and oxygen atoms in total. The standard InChI is InChI=1S/C10H11BrN2O3/c11-6-1-2-8(14)7(5-6)10(16)13-4-3-9(12)15/h1-2,5,14H,3-4H2,(H2,12,15)(H,13,16). The summed E-state index contributed by atoms with van der Waals surface area (Å²) in [6, 6.07) is 4.53. The van der Waals surface area contributed by atoms with E-state index in [1.807, 2.05) is 0 Å². The highest BCUT2D eigenvalue weighted by Gasteiger charge is 2.11. The van der Waals surface area contributed by atoms with Crippen molar-refractivity contribution in [1.29, 1.82) is 0 Å². The maximum atomic E-state index is 11.6. The van der Waals surface area contributed by atoms with Gasteiger partial charge in [0, 0.05) is 17.4 Å². The van der Waals surface area contributed by atoms with Crippen LogP contribution >= 0.6 is 15.9 Å². The first-order chi connectivity index (χ1) is 7.50. The van der Waals surface area contributed by atoms with Crippen molar-refractivity contribution in [3.05, 3.63) is 28.2 Å². The van der Waals surface area contributed by atoms with Gasteiger partial charge < -0.3 is 16.2 Å². The fourth-order valence-corrected chi connectivity index (χ4v) is 1.45. The van der Waals surface area contributed by atoms with Gasteiger partial charge >= 0.3 is 0 Å². The maximum Gasteiger partial charge on any atom is 0.255 e. The number of hydrogen-bond acceptors (Lipinski definition) is 3. The molecule has 0 aliphatic heterocycles. The minimum atomic E-state index is -0.487. The number of halogens is 1. The fourth-order valence-electron chi connectivity index (χ4n) is 1.08. The molecule has 1 aromatic carbocycles. The zero-order valence-corrected chi connectivity index (χ0v) is 9.95. The number of benzene rings is 1. The third-order valence-corrected chi connectivity index (χ3v) is 2.35. The summed E-state index contributed by atoms with van der Waals surface area (Å²) in [6.45, 7) is 0.153. The van der Waals surface area contributed by atoms with Crippen LogP contribution in [0.15, 0.2) is 22.7 Å². The number of rotatable bonds is 4. The monoisotopic (exact) mass is 286 g/mol. The Morgan fingerprint density at radius 1 is 1.44 bits per heavy atom. The molecule has 0 unspecified atom stereocenters. The highest BCUT2D eigenvalue weighted by atomic mass is 79.9. The second-order valence-electron chi connectivity index (χ2n) is 3.13. The van der Waals surface area contributed by atoms with Crippen LogP contribution in [-0.2, 0) is 4.79 Å². The first-order valence-electron chi connectivity index (χ1n) is 4.55. The van der Waals surface area contributed by atoms with Crippen LogP contribution in [0.2, 0.25) is 0 Å². The van der Waals surface area contributed by atoms with Crippen molar-refractivity contribution in [2.75, 3.05) is 6.54 Å². The Kier molecular flexibility index (Phi) is 4.30. The van der Waals surface area contributed by atoms with Crippen LogP contribution in [0.4, 0.5) is 0 Å². The Balaban J connectivity index is 2.65. The fraction of sp³-hybridized carbons (Fsp3) is 0.200. The van der Waals surface area contributed by atoms with Gasteiger partial charge in [0.05, 0.1) is 5.56 Å². The molecular weight excluding hydrogens is 276 g/mol. The number of phenols is 1. The zero-order valence-electron chi connectivity index (χ0n) is 8.37. The van der Waals surface area contributed by atoms with Gasteiger partial charge in [-0.1, -0.05) is 15.9 Å². The Labute approximate surface area is 101 Å². The number of hydrogen-bond donors (Lipinski definition) is 3. The van der Waals surface area contributed by atoms with Crippen LogP contribution in [0.5, 0.6) is 5.75 Å². The molecule has 0 heterocycles. The van der Waals surface area contributed by atoms with Crippen molar-refractivity contribution in [1.82, 2.24) is 5.32 Å². The molecule has 4 N–H and O–H groups in total. The average molecular weight is 287 g/mol. The Hall–Kier alpha value is -1.56. The Bertz CT molecular complexity index is 421. The lowest BCUT2D eigenvalue weighted by molar-refractivity contribution is -0.117. The van der Waals surface area contributed by atoms with E-state index in [0.29, 0.717) is 4.47 Å². The van der Waals surface area contributed by atoms with Crippen LogP contribution < -0.4 is 11.1 Å². The van der Waals surface area contributed by atoms with Crippen molar-refractivity contribution >= 4 is 27.7 Å². The summed E-state index contributed by atoms with van der Waals surface area (Å²) in [6.07, 6.45) is 0.0699. The summed E-state index contributed by atoms with van der Waals surface area (Å²) in [7, 11) is 0. The predicted octanol–water partition coefficient (Wildman–Crippen LogP) is 0.760. The molecule has 0 spiro atoms. The summed E-state index contributed by atoms with van der Waals surface area (Å²) in [5.41, 5.74) is 5.08. The molecule has 1 aromatic rings. The SMILES string of the molecule is NC(=O)CCNC(=O)c1cc(Br)ccc1O. The molecule has 0 radical (unpaired) electrons. The van der Waals surface area contributed by atoms with E-state index in [9.17, 15) is 14.7 Å². The summed E-state index contributed by atoms with van der Waals surface area (Å²) >= 11 is 3.19. The number of carbonyl (C=O) groups excluding carboxylic acids is 2. The lowest BCUT2D eigenvalue weighted by Crippen LogP contribution is -2.27. The van der Waals surface area contributed by atoms with E-state index in [0.717, 1.165) is 0 Å². The second kappa shape index (κ2) is 5.50. The van der Waals surface area contributed by atoms with Gasteiger partial charge in [-0.2, -0.15) is 0 Å². The lowest BCUT2D eigenvalue weighted by atomic mass is 10.2. The van der Waals surface area contributed by atoms with Gasteiger partial charge in [0.2, 0.25) is 5.91 Å². The number of nitrogens with one attached hydrogen (secondary N) is 1. The molecule has 0 bridgehead atoms. The summed E-state index contributed by atoms with van der Waals surface area (Å²) in [5, 5.41) is 11.9. The number of aromatic hydroxyl groups is 1. The highest BCUT2D eigenvalue weighted by Crippen LogP contribution is 2.21. The second-order valence-corrected chi connectivity index (χ2v) is 4.05. The summed E-state index contributed by atoms with van der Waals surface area (Å²) in [4.78, 5) is 22.0. The normalized spacial score (nSPS) is 9.81. The molecule has 0 atom stereocenters. The minimum Gasteiger partial charge on any atom is -0.507 e. The van der Waals surface area contributed by atoms with Gasteiger partial charge in [0.1, 0.15) is 5.75 Å². The van der Waals surface area contributed by atoms with E-state index in [2.05, 4.69) is 21.2 Å². The first kappa shape index (κ1) is 12.5. The molecule has 0 aromatic heterocycles. The van der Waals surface area contributed by atoms with Gasteiger partial charge in [-0.25, -0.2) is 0 Å². The topological polar surface area (TPSA) is 92.4 Å². The van der Waals surface area contributed by atoms with Gasteiger partial charge in [-0.3, -0.25) is 9.59 Å². The maximum absolute atomic E-state index is 11.6. The van der Waals surface area contributed by atoms with Crippen LogP contribution in [-0.4, -0.2) is 23.5 Å². The van der Waals surface area contributed by atoms with Crippen molar-refractivity contribution in [2.24, 2.45) is 5.73 Å². The zero-order chi connectivity index (χ0) is 12.1. The Morgan fingerprint density at radius 3 is 2.75 bits per heavy atom. The van der Waals surface area contributed by atoms with E-state index in [1.54, 1.807) is 6.07 Å². The third kappa shape index (κ3) is 3.54. The molecule has 2 amide bonds. The number of nitrogens with two attached hydrogens (primary N) is 1. The molecule has 0 fully saturated rings. The van der Waals surface area contributed by atoms with Crippen LogP contribution in [0.25, 0.3) is 0 Å². The first-order valence-corrected chi connectivity index (χ1v) is 5.35. The van der Waals surface area contributed by atoms with Crippen molar-refractivity contribution in [3.8, 4) is 5.75 Å². The Morgan fingerprint density at radius 2 is 2.12 bits per heavy atom. The molecule has 0 aliphatic carbocycles.